The van der Waals surface area contributed by atoms with Crippen LogP contribution in [0.1, 0.15) is 21.5 Å². The topological polar surface area (TPSA) is 93.2 Å². The lowest BCUT2D eigenvalue weighted by Crippen LogP contribution is -2.14. The Morgan fingerprint density at radius 2 is 1.83 bits per heavy atom. The number of anilines is 2. The van der Waals surface area contributed by atoms with E-state index in [1.54, 1.807) is 31.4 Å². The maximum absolute atomic E-state index is 12.3. The van der Waals surface area contributed by atoms with Crippen LogP contribution in [0.15, 0.2) is 46.8 Å². The molecule has 2 aromatic carbocycles. The minimum absolute atomic E-state index is 0.128. The summed E-state index contributed by atoms with van der Waals surface area (Å²) in [5.41, 5.74) is 3.42. The van der Waals surface area contributed by atoms with Crippen molar-refractivity contribution in [3.8, 4) is 5.75 Å². The Labute approximate surface area is 176 Å². The van der Waals surface area contributed by atoms with Crippen molar-refractivity contribution < 1.29 is 14.3 Å². The van der Waals surface area contributed by atoms with Crippen LogP contribution in [0.3, 0.4) is 0 Å². The van der Waals surface area contributed by atoms with E-state index in [-0.39, 0.29) is 17.6 Å². The first-order chi connectivity index (χ1) is 13.9. The molecule has 2 N–H and O–H groups in total. The van der Waals surface area contributed by atoms with Gasteiger partial charge in [0.05, 0.1) is 12.9 Å². The Balaban J connectivity index is 1.53. The molecule has 150 valence electrons. The fourth-order valence-electron chi connectivity index (χ4n) is 2.62. The molecule has 0 radical (unpaired) electrons. The third-order valence-corrected chi connectivity index (χ3v) is 5.76. The molecule has 0 bridgehead atoms. The molecule has 0 aliphatic rings. The molecule has 3 aromatic rings. The van der Waals surface area contributed by atoms with E-state index in [1.807, 2.05) is 32.0 Å². The third-order valence-electron chi connectivity index (χ3n) is 3.79. The third kappa shape index (κ3) is 6.03. The van der Waals surface area contributed by atoms with Crippen molar-refractivity contribution in [1.29, 1.82) is 0 Å². The first-order valence-electron chi connectivity index (χ1n) is 8.73. The Morgan fingerprint density at radius 1 is 1.07 bits per heavy atom. The number of amides is 2. The average molecular weight is 429 g/mol. The highest BCUT2D eigenvalue weighted by molar-refractivity contribution is 8.01. The summed E-state index contributed by atoms with van der Waals surface area (Å²) in [6, 6.07) is 12.7. The van der Waals surface area contributed by atoms with Crippen LogP contribution in [0.2, 0.25) is 0 Å². The predicted octanol–water partition coefficient (Wildman–Crippen LogP) is 4.15. The first-order valence-corrected chi connectivity index (χ1v) is 10.5. The molecule has 29 heavy (non-hydrogen) atoms. The summed E-state index contributed by atoms with van der Waals surface area (Å²) < 4.78 is 5.72. The normalized spacial score (nSPS) is 10.4. The highest BCUT2D eigenvalue weighted by Gasteiger charge is 2.13. The molecule has 7 nitrogen and oxygen atoms in total. The van der Waals surface area contributed by atoms with E-state index in [0.29, 0.717) is 20.8 Å². The van der Waals surface area contributed by atoms with Gasteiger partial charge in [0.15, 0.2) is 4.34 Å². The maximum Gasteiger partial charge on any atom is 0.257 e. The number of nitrogens with one attached hydrogen (secondary N) is 2. The van der Waals surface area contributed by atoms with E-state index >= 15 is 0 Å². The van der Waals surface area contributed by atoms with Crippen LogP contribution in [0.25, 0.3) is 0 Å². The summed E-state index contributed by atoms with van der Waals surface area (Å²) in [6.07, 6.45) is 0. The summed E-state index contributed by atoms with van der Waals surface area (Å²) in [4.78, 5) is 24.5. The number of ether oxygens (including phenoxy) is 1. The minimum Gasteiger partial charge on any atom is -0.497 e. The highest BCUT2D eigenvalue weighted by Crippen LogP contribution is 2.26. The first kappa shape index (κ1) is 20.8. The van der Waals surface area contributed by atoms with E-state index in [1.165, 1.54) is 23.1 Å². The quantitative estimate of drug-likeness (QED) is 0.434. The number of hydrogen-bond acceptors (Lipinski definition) is 7. The number of aryl methyl sites for hydroxylation is 2. The van der Waals surface area contributed by atoms with Gasteiger partial charge in [-0.05, 0) is 55.3 Å². The molecule has 0 atom stereocenters. The number of carbonyl (C=O) groups excluding carboxylic acids is 2. The predicted molar refractivity (Wildman–Crippen MR) is 116 cm³/mol. The van der Waals surface area contributed by atoms with E-state index in [0.717, 1.165) is 16.8 Å². The average Bonchev–Trinajstić information content (AvgIpc) is 3.13. The summed E-state index contributed by atoms with van der Waals surface area (Å²) in [5.74, 6) is 0.369. The monoisotopic (exact) mass is 428 g/mol. The molecule has 0 unspecified atom stereocenters. The van der Waals surface area contributed by atoms with Crippen LogP contribution in [0.5, 0.6) is 5.75 Å². The fourth-order valence-corrected chi connectivity index (χ4v) is 4.17. The second kappa shape index (κ2) is 9.53. The van der Waals surface area contributed by atoms with Gasteiger partial charge in [-0.15, -0.1) is 10.2 Å². The van der Waals surface area contributed by atoms with Crippen molar-refractivity contribution in [1.82, 2.24) is 10.2 Å². The van der Waals surface area contributed by atoms with Crippen LogP contribution in [0, 0.1) is 13.8 Å². The Morgan fingerprint density at radius 3 is 2.55 bits per heavy atom. The number of hydrogen-bond donors (Lipinski definition) is 2. The molecular formula is C20H20N4O3S2. The number of methoxy groups -OCH3 is 1. The lowest BCUT2D eigenvalue weighted by Gasteiger charge is -2.06. The highest BCUT2D eigenvalue weighted by atomic mass is 32.2. The SMILES string of the molecule is COc1cccc(C(=O)Nc2nnc(SCC(=O)Nc3cc(C)cc(C)c3)s2)c1. The van der Waals surface area contributed by atoms with E-state index in [2.05, 4.69) is 20.8 Å². The Hall–Kier alpha value is -2.91. The number of carbonyl (C=O) groups is 2. The molecule has 0 aliphatic heterocycles. The minimum atomic E-state index is -0.302. The zero-order valence-corrected chi connectivity index (χ0v) is 17.8. The van der Waals surface area contributed by atoms with E-state index < -0.39 is 0 Å². The second-order valence-corrected chi connectivity index (χ2v) is 8.47. The van der Waals surface area contributed by atoms with Crippen molar-refractivity contribution >= 4 is 45.7 Å². The number of nitrogens with zero attached hydrogens (tertiary/aromatic N) is 2. The van der Waals surface area contributed by atoms with Crippen LogP contribution in [-0.4, -0.2) is 34.9 Å². The zero-order valence-electron chi connectivity index (χ0n) is 16.2. The molecule has 3 rings (SSSR count). The molecule has 0 saturated heterocycles. The van der Waals surface area contributed by atoms with Gasteiger partial charge >= 0.3 is 0 Å². The second-order valence-electron chi connectivity index (χ2n) is 6.27. The number of benzene rings is 2. The number of rotatable bonds is 7. The number of aromatic nitrogens is 2. The van der Waals surface area contributed by atoms with Crippen LogP contribution in [0.4, 0.5) is 10.8 Å². The van der Waals surface area contributed by atoms with Gasteiger partial charge < -0.3 is 10.1 Å². The van der Waals surface area contributed by atoms with Gasteiger partial charge in [-0.1, -0.05) is 35.2 Å². The molecule has 0 aliphatic carbocycles. The molecule has 2 amide bonds. The molecule has 9 heteroatoms. The molecule has 0 saturated carbocycles. The lowest BCUT2D eigenvalue weighted by molar-refractivity contribution is -0.113. The van der Waals surface area contributed by atoms with Crippen molar-refractivity contribution in [2.24, 2.45) is 0 Å². The maximum atomic E-state index is 12.3. The van der Waals surface area contributed by atoms with Gasteiger partial charge in [0.1, 0.15) is 5.75 Å². The molecule has 1 heterocycles. The summed E-state index contributed by atoms with van der Waals surface area (Å²) in [6.45, 7) is 3.97. The molecular weight excluding hydrogens is 408 g/mol. The summed E-state index contributed by atoms with van der Waals surface area (Å²) in [5, 5.41) is 13.9. The number of thioether (sulfide) groups is 1. The van der Waals surface area contributed by atoms with Crippen molar-refractivity contribution in [3.63, 3.8) is 0 Å². The molecule has 0 fully saturated rings. The van der Waals surface area contributed by atoms with Gasteiger partial charge in [-0.3, -0.25) is 14.9 Å². The van der Waals surface area contributed by atoms with Gasteiger partial charge in [0.25, 0.3) is 5.91 Å². The molecule has 0 spiro atoms. The van der Waals surface area contributed by atoms with Crippen LogP contribution in [-0.2, 0) is 4.79 Å². The van der Waals surface area contributed by atoms with Gasteiger partial charge in [0.2, 0.25) is 11.0 Å². The fraction of sp³-hybridized carbons (Fsp3) is 0.200. The van der Waals surface area contributed by atoms with Gasteiger partial charge in [0, 0.05) is 11.3 Å². The van der Waals surface area contributed by atoms with E-state index in [4.69, 9.17) is 4.74 Å². The van der Waals surface area contributed by atoms with Crippen LogP contribution >= 0.6 is 23.1 Å². The van der Waals surface area contributed by atoms with E-state index in [9.17, 15) is 9.59 Å². The van der Waals surface area contributed by atoms with Crippen molar-refractivity contribution in [3.05, 3.63) is 59.2 Å². The van der Waals surface area contributed by atoms with Crippen molar-refractivity contribution in [2.45, 2.75) is 18.2 Å². The summed E-state index contributed by atoms with van der Waals surface area (Å²) >= 11 is 2.48. The van der Waals surface area contributed by atoms with Crippen molar-refractivity contribution in [2.75, 3.05) is 23.5 Å². The van der Waals surface area contributed by atoms with Gasteiger partial charge in [-0.2, -0.15) is 0 Å². The van der Waals surface area contributed by atoms with Crippen LogP contribution < -0.4 is 15.4 Å². The lowest BCUT2D eigenvalue weighted by atomic mass is 10.1. The Bertz CT molecular complexity index is 1020. The Kier molecular flexibility index (Phi) is 6.84. The van der Waals surface area contributed by atoms with Gasteiger partial charge in [-0.25, -0.2) is 0 Å². The zero-order chi connectivity index (χ0) is 20.8. The smallest absolute Gasteiger partial charge is 0.257 e. The molecule has 1 aromatic heterocycles. The standard InChI is InChI=1S/C20H20N4O3S2/c1-12-7-13(2)9-15(8-12)21-17(25)11-28-20-24-23-19(29-20)22-18(26)14-5-4-6-16(10-14)27-3/h4-10H,11H2,1-3H3,(H,21,25)(H,22,23,26). The largest absolute Gasteiger partial charge is 0.497 e. The summed E-state index contributed by atoms with van der Waals surface area (Å²) in [7, 11) is 1.54.